The fourth-order valence-corrected chi connectivity index (χ4v) is 3.40. The van der Waals surface area contributed by atoms with Crippen molar-refractivity contribution in [2.24, 2.45) is 0 Å². The van der Waals surface area contributed by atoms with Crippen molar-refractivity contribution in [1.82, 2.24) is 10.3 Å². The summed E-state index contributed by atoms with van der Waals surface area (Å²) in [6.45, 7) is -0.206. The zero-order chi connectivity index (χ0) is 20.1. The molecule has 0 unspecified atom stereocenters. The number of thiazole rings is 1. The van der Waals surface area contributed by atoms with Gasteiger partial charge in [0.05, 0.1) is 29.4 Å². The molecule has 6 nitrogen and oxygen atoms in total. The maximum absolute atomic E-state index is 12.1. The summed E-state index contributed by atoms with van der Waals surface area (Å²) < 4.78 is 5.32. The van der Waals surface area contributed by atoms with Crippen molar-refractivity contribution in [3.63, 3.8) is 0 Å². The van der Waals surface area contributed by atoms with E-state index in [0.29, 0.717) is 27.2 Å². The van der Waals surface area contributed by atoms with E-state index in [2.05, 4.69) is 15.6 Å². The molecule has 3 rings (SSSR count). The van der Waals surface area contributed by atoms with Crippen LogP contribution in [0.25, 0.3) is 11.3 Å². The van der Waals surface area contributed by atoms with Crippen LogP contribution in [0.2, 0.25) is 10.0 Å². The minimum Gasteiger partial charge on any atom is -0.496 e. The molecule has 28 heavy (non-hydrogen) atoms. The molecule has 0 fully saturated rings. The molecule has 0 saturated carbocycles. The number of nitrogens with zero attached hydrogens (tertiary/aromatic N) is 1. The van der Waals surface area contributed by atoms with Crippen molar-refractivity contribution >= 4 is 51.5 Å². The van der Waals surface area contributed by atoms with Crippen molar-refractivity contribution in [2.75, 3.05) is 19.0 Å². The van der Waals surface area contributed by atoms with E-state index in [9.17, 15) is 9.59 Å². The normalized spacial score (nSPS) is 10.4. The molecule has 144 valence electrons. The van der Waals surface area contributed by atoms with Gasteiger partial charge in [0.1, 0.15) is 5.75 Å². The van der Waals surface area contributed by atoms with Crippen LogP contribution in [0, 0.1) is 0 Å². The molecule has 2 N–H and O–H groups in total. The van der Waals surface area contributed by atoms with Crippen molar-refractivity contribution in [1.29, 1.82) is 0 Å². The third kappa shape index (κ3) is 4.81. The van der Waals surface area contributed by atoms with E-state index < -0.39 is 11.8 Å². The SMILES string of the molecule is COc1ccccc1-c1csc(NC(=O)CNC(=O)c2ccc(Cl)c(Cl)c2)n1. The van der Waals surface area contributed by atoms with Gasteiger partial charge in [0.2, 0.25) is 5.91 Å². The molecule has 0 spiro atoms. The van der Waals surface area contributed by atoms with Crippen LogP contribution in [0.1, 0.15) is 10.4 Å². The van der Waals surface area contributed by atoms with Gasteiger partial charge in [-0.3, -0.25) is 9.59 Å². The fourth-order valence-electron chi connectivity index (χ4n) is 2.37. The summed E-state index contributed by atoms with van der Waals surface area (Å²) in [6.07, 6.45) is 0. The van der Waals surface area contributed by atoms with Crippen LogP contribution >= 0.6 is 34.5 Å². The molecule has 0 aliphatic carbocycles. The number of halogens is 2. The number of hydrogen-bond donors (Lipinski definition) is 2. The maximum atomic E-state index is 12.1. The monoisotopic (exact) mass is 435 g/mol. The molecule has 0 atom stereocenters. The maximum Gasteiger partial charge on any atom is 0.251 e. The van der Waals surface area contributed by atoms with E-state index in [4.69, 9.17) is 27.9 Å². The second-order valence-electron chi connectivity index (χ2n) is 5.60. The van der Waals surface area contributed by atoms with Gasteiger partial charge in [0.15, 0.2) is 5.13 Å². The minimum absolute atomic E-state index is 0.206. The first-order valence-electron chi connectivity index (χ1n) is 8.10. The van der Waals surface area contributed by atoms with Gasteiger partial charge in [-0.1, -0.05) is 35.3 Å². The van der Waals surface area contributed by atoms with Gasteiger partial charge in [-0.05, 0) is 30.3 Å². The number of rotatable bonds is 6. The number of hydrogen-bond acceptors (Lipinski definition) is 5. The Hall–Kier alpha value is -2.61. The van der Waals surface area contributed by atoms with E-state index in [-0.39, 0.29) is 11.6 Å². The number of benzene rings is 2. The molecule has 3 aromatic rings. The highest BCUT2D eigenvalue weighted by Gasteiger charge is 2.13. The molecular weight excluding hydrogens is 421 g/mol. The first kappa shape index (κ1) is 20.1. The largest absolute Gasteiger partial charge is 0.496 e. The molecule has 0 bridgehead atoms. The van der Waals surface area contributed by atoms with Gasteiger partial charge in [0, 0.05) is 16.5 Å². The van der Waals surface area contributed by atoms with Gasteiger partial charge in [-0.25, -0.2) is 4.98 Å². The summed E-state index contributed by atoms with van der Waals surface area (Å²) in [5.74, 6) is -0.128. The number of aromatic nitrogens is 1. The van der Waals surface area contributed by atoms with E-state index in [1.165, 1.54) is 29.5 Å². The molecular formula is C19H15Cl2N3O3S. The summed E-state index contributed by atoms with van der Waals surface area (Å²) in [4.78, 5) is 28.6. The quantitative estimate of drug-likeness (QED) is 0.597. The van der Waals surface area contributed by atoms with Crippen LogP contribution in [0.3, 0.4) is 0 Å². The van der Waals surface area contributed by atoms with Crippen LogP contribution in [-0.4, -0.2) is 30.5 Å². The fraction of sp³-hybridized carbons (Fsp3) is 0.105. The Balaban J connectivity index is 1.59. The highest BCUT2D eigenvalue weighted by Crippen LogP contribution is 2.31. The van der Waals surface area contributed by atoms with Gasteiger partial charge in [0.25, 0.3) is 5.91 Å². The van der Waals surface area contributed by atoms with Gasteiger partial charge >= 0.3 is 0 Å². The van der Waals surface area contributed by atoms with Crippen LogP contribution in [-0.2, 0) is 4.79 Å². The number of nitrogens with one attached hydrogen (secondary N) is 2. The standard InChI is InChI=1S/C19H15Cl2N3O3S/c1-27-16-5-3-2-4-12(16)15-10-28-19(23-15)24-17(25)9-22-18(26)11-6-7-13(20)14(21)8-11/h2-8,10H,9H2,1H3,(H,22,26)(H,23,24,25). The zero-order valence-corrected chi connectivity index (χ0v) is 17.0. The lowest BCUT2D eigenvalue weighted by molar-refractivity contribution is -0.115. The number of carbonyl (C=O) groups excluding carboxylic acids is 2. The third-order valence-electron chi connectivity index (χ3n) is 3.72. The lowest BCUT2D eigenvalue weighted by Crippen LogP contribution is -2.32. The first-order valence-corrected chi connectivity index (χ1v) is 9.73. The molecule has 2 aromatic carbocycles. The Labute approximate surface area is 175 Å². The number of methoxy groups -OCH3 is 1. The Morgan fingerprint density at radius 2 is 1.93 bits per heavy atom. The molecule has 0 aliphatic heterocycles. The number of anilines is 1. The molecule has 0 radical (unpaired) electrons. The summed E-state index contributed by atoms with van der Waals surface area (Å²) in [5.41, 5.74) is 1.84. The van der Waals surface area contributed by atoms with E-state index >= 15 is 0 Å². The lowest BCUT2D eigenvalue weighted by Gasteiger charge is -2.06. The molecule has 1 heterocycles. The van der Waals surface area contributed by atoms with Crippen LogP contribution in [0.15, 0.2) is 47.8 Å². The van der Waals surface area contributed by atoms with Crippen LogP contribution in [0.4, 0.5) is 5.13 Å². The lowest BCUT2D eigenvalue weighted by atomic mass is 10.1. The van der Waals surface area contributed by atoms with Crippen molar-refractivity contribution < 1.29 is 14.3 Å². The van der Waals surface area contributed by atoms with Crippen molar-refractivity contribution in [2.45, 2.75) is 0 Å². The number of para-hydroxylation sites is 1. The Morgan fingerprint density at radius 1 is 1.14 bits per heavy atom. The molecule has 1 aromatic heterocycles. The third-order valence-corrected chi connectivity index (χ3v) is 5.22. The summed E-state index contributed by atoms with van der Waals surface area (Å²) in [6, 6.07) is 12.0. The molecule has 0 saturated heterocycles. The Morgan fingerprint density at radius 3 is 2.68 bits per heavy atom. The van der Waals surface area contributed by atoms with Gasteiger partial charge in [-0.2, -0.15) is 0 Å². The average molecular weight is 436 g/mol. The van der Waals surface area contributed by atoms with Crippen molar-refractivity contribution in [3.05, 3.63) is 63.5 Å². The number of carbonyl (C=O) groups is 2. The number of amides is 2. The minimum atomic E-state index is -0.428. The summed E-state index contributed by atoms with van der Waals surface area (Å²) >= 11 is 13.0. The van der Waals surface area contributed by atoms with Crippen LogP contribution in [0.5, 0.6) is 5.75 Å². The molecule has 9 heteroatoms. The zero-order valence-electron chi connectivity index (χ0n) is 14.7. The van der Waals surface area contributed by atoms with E-state index in [1.54, 1.807) is 7.11 Å². The summed E-state index contributed by atoms with van der Waals surface area (Å²) in [5, 5.41) is 8.06. The van der Waals surface area contributed by atoms with Crippen LogP contribution < -0.4 is 15.4 Å². The molecule has 2 amide bonds. The molecule has 0 aliphatic rings. The predicted molar refractivity (Wildman–Crippen MR) is 112 cm³/mol. The van der Waals surface area contributed by atoms with Crippen molar-refractivity contribution in [3.8, 4) is 17.0 Å². The Bertz CT molecular complexity index is 1020. The summed E-state index contributed by atoms with van der Waals surface area (Å²) in [7, 11) is 1.59. The Kier molecular flexibility index (Phi) is 6.51. The predicted octanol–water partition coefficient (Wildman–Crippen LogP) is 4.49. The highest BCUT2D eigenvalue weighted by molar-refractivity contribution is 7.14. The van der Waals surface area contributed by atoms with E-state index in [0.717, 1.165) is 5.56 Å². The van der Waals surface area contributed by atoms with Gasteiger partial charge < -0.3 is 15.4 Å². The first-order chi connectivity index (χ1) is 13.5. The van der Waals surface area contributed by atoms with Gasteiger partial charge in [-0.15, -0.1) is 11.3 Å². The average Bonchev–Trinajstić information content (AvgIpc) is 3.16. The second-order valence-corrected chi connectivity index (χ2v) is 7.27. The number of ether oxygens (including phenoxy) is 1. The van der Waals surface area contributed by atoms with E-state index in [1.807, 2.05) is 29.6 Å². The highest BCUT2D eigenvalue weighted by atomic mass is 35.5. The second kappa shape index (κ2) is 9.05. The smallest absolute Gasteiger partial charge is 0.251 e. The topological polar surface area (TPSA) is 80.3 Å².